The van der Waals surface area contributed by atoms with Crippen LogP contribution in [-0.2, 0) is 18.4 Å². The molecule has 2 aliphatic heterocycles. The first-order chi connectivity index (χ1) is 9.72. The molecule has 1 N–H and O–H groups in total. The Bertz CT molecular complexity index is 453. The van der Waals surface area contributed by atoms with Crippen LogP contribution >= 0.6 is 23.5 Å². The second-order valence-corrected chi connectivity index (χ2v) is 8.12. The van der Waals surface area contributed by atoms with Crippen molar-refractivity contribution in [3.63, 3.8) is 0 Å². The Morgan fingerprint density at radius 2 is 2.35 bits per heavy atom. The molecule has 0 aromatic carbocycles. The third-order valence-corrected chi connectivity index (χ3v) is 6.64. The molecule has 1 atom stereocenters. The van der Waals surface area contributed by atoms with Crippen molar-refractivity contribution in [1.29, 1.82) is 0 Å². The van der Waals surface area contributed by atoms with E-state index in [9.17, 15) is 5.11 Å². The monoisotopic (exact) mass is 314 g/mol. The van der Waals surface area contributed by atoms with Gasteiger partial charge in [0.2, 0.25) is 0 Å². The minimum Gasteiger partial charge on any atom is -0.390 e. The van der Waals surface area contributed by atoms with Gasteiger partial charge in [-0.3, -0.25) is 0 Å². The van der Waals surface area contributed by atoms with Crippen molar-refractivity contribution in [2.45, 2.75) is 48.3 Å². The summed E-state index contributed by atoms with van der Waals surface area (Å²) in [6.07, 6.45) is 6.39. The molecule has 3 rings (SSSR count). The average molecular weight is 314 g/mol. The summed E-state index contributed by atoms with van der Waals surface area (Å²) in [7, 11) is 1.98. The summed E-state index contributed by atoms with van der Waals surface area (Å²) in [5.41, 5.74) is 1.01. The fourth-order valence-corrected chi connectivity index (χ4v) is 5.53. The first-order valence-electron chi connectivity index (χ1n) is 7.22. The van der Waals surface area contributed by atoms with Crippen LogP contribution in [0.3, 0.4) is 0 Å². The van der Waals surface area contributed by atoms with E-state index in [2.05, 4.69) is 4.98 Å². The molecular weight excluding hydrogens is 292 g/mol. The standard InChI is InChI=1S/C14H22N2O2S2/c1-16-11(10-17)9-15-13(16)20-12-2-5-18-14(8-12)3-6-19-7-4-14/h9,12,17H,2-8,10H2,1H3. The topological polar surface area (TPSA) is 47.3 Å². The van der Waals surface area contributed by atoms with Gasteiger partial charge in [0, 0.05) is 18.9 Å². The average Bonchev–Trinajstić information content (AvgIpc) is 2.80. The van der Waals surface area contributed by atoms with E-state index in [1.165, 1.54) is 24.3 Å². The van der Waals surface area contributed by atoms with Gasteiger partial charge in [0.1, 0.15) is 0 Å². The minimum absolute atomic E-state index is 0.0546. The van der Waals surface area contributed by atoms with Gasteiger partial charge in [0.05, 0.1) is 24.1 Å². The zero-order valence-corrected chi connectivity index (χ0v) is 13.5. The number of nitrogens with zero attached hydrogens (tertiary/aromatic N) is 2. The van der Waals surface area contributed by atoms with Gasteiger partial charge in [0.15, 0.2) is 5.16 Å². The summed E-state index contributed by atoms with van der Waals surface area (Å²) < 4.78 is 8.14. The Hall–Kier alpha value is -0.170. The summed E-state index contributed by atoms with van der Waals surface area (Å²) in [5, 5.41) is 10.8. The van der Waals surface area contributed by atoms with Crippen molar-refractivity contribution in [3.05, 3.63) is 11.9 Å². The molecular formula is C14H22N2O2S2. The van der Waals surface area contributed by atoms with Gasteiger partial charge >= 0.3 is 0 Å². The second-order valence-electron chi connectivity index (χ2n) is 5.63. The molecule has 0 saturated carbocycles. The zero-order valence-electron chi connectivity index (χ0n) is 11.9. The molecule has 1 aromatic rings. The van der Waals surface area contributed by atoms with Crippen LogP contribution in [0.1, 0.15) is 31.4 Å². The molecule has 4 nitrogen and oxygen atoms in total. The minimum atomic E-state index is 0.0546. The lowest BCUT2D eigenvalue weighted by molar-refractivity contribution is -0.0805. The third-order valence-electron chi connectivity index (χ3n) is 4.33. The van der Waals surface area contributed by atoms with Gasteiger partial charge < -0.3 is 14.4 Å². The summed E-state index contributed by atoms with van der Waals surface area (Å²) >= 11 is 3.89. The van der Waals surface area contributed by atoms with Crippen molar-refractivity contribution in [1.82, 2.24) is 9.55 Å². The summed E-state index contributed by atoms with van der Waals surface area (Å²) in [6, 6.07) is 0. The van der Waals surface area contributed by atoms with E-state index in [0.717, 1.165) is 30.3 Å². The molecule has 1 aromatic heterocycles. The Morgan fingerprint density at radius 3 is 3.05 bits per heavy atom. The molecule has 0 amide bonds. The largest absolute Gasteiger partial charge is 0.390 e. The van der Waals surface area contributed by atoms with Gasteiger partial charge in [-0.05, 0) is 37.2 Å². The fraction of sp³-hybridized carbons (Fsp3) is 0.786. The lowest BCUT2D eigenvalue weighted by atomic mass is 9.88. The van der Waals surface area contributed by atoms with Gasteiger partial charge in [-0.2, -0.15) is 11.8 Å². The Morgan fingerprint density at radius 1 is 1.55 bits per heavy atom. The number of aliphatic hydroxyl groups is 1. The summed E-state index contributed by atoms with van der Waals surface area (Å²) in [4.78, 5) is 4.44. The Kier molecular flexibility index (Phi) is 4.65. The lowest BCUT2D eigenvalue weighted by Gasteiger charge is -2.43. The maximum Gasteiger partial charge on any atom is 0.168 e. The lowest BCUT2D eigenvalue weighted by Crippen LogP contribution is -2.43. The maximum atomic E-state index is 9.24. The van der Waals surface area contributed by atoms with Gasteiger partial charge in [-0.1, -0.05) is 11.8 Å². The molecule has 2 fully saturated rings. The van der Waals surface area contributed by atoms with Crippen LogP contribution in [0.5, 0.6) is 0 Å². The first-order valence-corrected chi connectivity index (χ1v) is 9.26. The Labute approximate surface area is 128 Å². The highest BCUT2D eigenvalue weighted by Gasteiger charge is 2.39. The van der Waals surface area contributed by atoms with Crippen molar-refractivity contribution >= 4 is 23.5 Å². The van der Waals surface area contributed by atoms with E-state index in [1.54, 1.807) is 6.20 Å². The second kappa shape index (κ2) is 6.30. The zero-order chi connectivity index (χ0) is 14.0. The van der Waals surface area contributed by atoms with Crippen LogP contribution in [0.4, 0.5) is 0 Å². The highest BCUT2D eigenvalue weighted by atomic mass is 32.2. The van der Waals surface area contributed by atoms with Gasteiger partial charge in [-0.15, -0.1) is 0 Å². The molecule has 112 valence electrons. The van der Waals surface area contributed by atoms with Crippen LogP contribution in [0.15, 0.2) is 11.4 Å². The maximum absolute atomic E-state index is 9.24. The van der Waals surface area contributed by atoms with Crippen LogP contribution in [0.2, 0.25) is 0 Å². The number of rotatable bonds is 3. The molecule has 0 bridgehead atoms. The third kappa shape index (κ3) is 3.03. The first kappa shape index (κ1) is 14.8. The summed E-state index contributed by atoms with van der Waals surface area (Å²) in [6.45, 7) is 0.929. The van der Waals surface area contributed by atoms with Crippen molar-refractivity contribution in [2.75, 3.05) is 18.1 Å². The normalized spacial score (nSPS) is 26.0. The van der Waals surface area contributed by atoms with E-state index in [4.69, 9.17) is 4.74 Å². The molecule has 1 unspecified atom stereocenters. The van der Waals surface area contributed by atoms with E-state index in [0.29, 0.717) is 5.25 Å². The van der Waals surface area contributed by atoms with Crippen LogP contribution in [0.25, 0.3) is 0 Å². The predicted molar refractivity (Wildman–Crippen MR) is 83.3 cm³/mol. The van der Waals surface area contributed by atoms with E-state index in [-0.39, 0.29) is 12.2 Å². The molecule has 0 radical (unpaired) electrons. The molecule has 1 spiro atoms. The SMILES string of the molecule is Cn1c(CO)cnc1SC1CCOC2(CCSCC2)C1. The number of aliphatic hydroxyl groups excluding tert-OH is 1. The fourth-order valence-electron chi connectivity index (χ4n) is 3.01. The number of ether oxygens (including phenoxy) is 1. The quantitative estimate of drug-likeness (QED) is 0.928. The molecule has 20 heavy (non-hydrogen) atoms. The number of aromatic nitrogens is 2. The highest BCUT2D eigenvalue weighted by Crippen LogP contribution is 2.42. The molecule has 2 aliphatic rings. The molecule has 6 heteroatoms. The van der Waals surface area contributed by atoms with Crippen molar-refractivity contribution in [2.24, 2.45) is 7.05 Å². The van der Waals surface area contributed by atoms with E-state index >= 15 is 0 Å². The van der Waals surface area contributed by atoms with Crippen LogP contribution in [-0.4, -0.2) is 43.6 Å². The van der Waals surface area contributed by atoms with Crippen molar-refractivity contribution in [3.8, 4) is 0 Å². The van der Waals surface area contributed by atoms with Crippen LogP contribution in [0, 0.1) is 0 Å². The Balaban J connectivity index is 1.66. The predicted octanol–water partition coefficient (Wildman–Crippen LogP) is 2.45. The van der Waals surface area contributed by atoms with Crippen LogP contribution < -0.4 is 0 Å². The molecule has 3 heterocycles. The molecule has 0 aliphatic carbocycles. The number of thioether (sulfide) groups is 2. The van der Waals surface area contributed by atoms with Gasteiger partial charge in [-0.25, -0.2) is 4.98 Å². The van der Waals surface area contributed by atoms with Crippen molar-refractivity contribution < 1.29 is 9.84 Å². The number of hydrogen-bond donors (Lipinski definition) is 1. The number of imidazole rings is 1. The molecule has 2 saturated heterocycles. The smallest absolute Gasteiger partial charge is 0.168 e. The van der Waals surface area contributed by atoms with Gasteiger partial charge in [0.25, 0.3) is 0 Å². The number of hydrogen-bond acceptors (Lipinski definition) is 5. The highest BCUT2D eigenvalue weighted by molar-refractivity contribution is 7.99. The van der Waals surface area contributed by atoms with E-state index in [1.807, 2.05) is 35.1 Å². The van der Waals surface area contributed by atoms with E-state index < -0.39 is 0 Å². The summed E-state index contributed by atoms with van der Waals surface area (Å²) in [5.74, 6) is 2.46.